The van der Waals surface area contributed by atoms with E-state index in [4.69, 9.17) is 4.42 Å². The van der Waals surface area contributed by atoms with Gasteiger partial charge in [0.2, 0.25) is 0 Å². The first-order valence-electron chi connectivity index (χ1n) is 7.56. The van der Waals surface area contributed by atoms with Crippen LogP contribution in [0.15, 0.2) is 33.4 Å². The van der Waals surface area contributed by atoms with Gasteiger partial charge in [0.05, 0.1) is 17.8 Å². The minimum Gasteiger partial charge on any atom is -0.458 e. The fourth-order valence-electron chi connectivity index (χ4n) is 2.57. The van der Waals surface area contributed by atoms with Crippen LogP contribution in [-0.2, 0) is 7.05 Å². The number of amides is 1. The summed E-state index contributed by atoms with van der Waals surface area (Å²) in [5.41, 5.74) is 2.98. The fraction of sp³-hybridized carbons (Fsp3) is 0.294. The average Bonchev–Trinajstić information content (AvgIpc) is 3.26. The van der Waals surface area contributed by atoms with Gasteiger partial charge < -0.3 is 14.8 Å². The van der Waals surface area contributed by atoms with Crippen molar-refractivity contribution in [2.24, 2.45) is 7.05 Å². The molecule has 0 spiro atoms. The fourth-order valence-corrected chi connectivity index (χ4v) is 3.22. The van der Waals surface area contributed by atoms with Crippen LogP contribution in [0.5, 0.6) is 0 Å². The van der Waals surface area contributed by atoms with Crippen LogP contribution < -0.4 is 5.32 Å². The van der Waals surface area contributed by atoms with Crippen LogP contribution >= 0.6 is 11.3 Å². The topological polar surface area (TPSA) is 80.3 Å². The molecular weight excluding hydrogens is 326 g/mol. The van der Waals surface area contributed by atoms with E-state index in [1.165, 1.54) is 0 Å². The van der Waals surface area contributed by atoms with E-state index in [0.717, 1.165) is 11.3 Å². The molecule has 0 aromatic carbocycles. The Bertz CT molecular complexity index is 849. The maximum absolute atomic E-state index is 12.3. The van der Waals surface area contributed by atoms with E-state index in [1.54, 1.807) is 36.1 Å². The van der Waals surface area contributed by atoms with E-state index in [1.807, 2.05) is 29.8 Å². The largest absolute Gasteiger partial charge is 0.458 e. The number of hydrogen-bond acceptors (Lipinski definition) is 5. The van der Waals surface area contributed by atoms with Gasteiger partial charge >= 0.3 is 0 Å². The molecule has 0 fully saturated rings. The van der Waals surface area contributed by atoms with Crippen molar-refractivity contribution in [2.75, 3.05) is 6.54 Å². The summed E-state index contributed by atoms with van der Waals surface area (Å²) in [4.78, 5) is 12.3. The zero-order chi connectivity index (χ0) is 17.3. The van der Waals surface area contributed by atoms with Crippen molar-refractivity contribution in [3.63, 3.8) is 0 Å². The molecule has 0 saturated heterocycles. The number of aliphatic hydroxyl groups is 1. The number of furan rings is 1. The Morgan fingerprint density at radius 1 is 1.42 bits per heavy atom. The van der Waals surface area contributed by atoms with Crippen LogP contribution in [0, 0.1) is 13.8 Å². The number of aromatic nitrogens is 2. The minimum atomic E-state index is -0.904. The van der Waals surface area contributed by atoms with Crippen molar-refractivity contribution < 1.29 is 14.3 Å². The molecule has 0 aliphatic heterocycles. The van der Waals surface area contributed by atoms with E-state index in [-0.39, 0.29) is 12.5 Å². The lowest BCUT2D eigenvalue weighted by Gasteiger charge is -2.10. The normalized spacial score (nSPS) is 12.3. The lowest BCUT2D eigenvalue weighted by atomic mass is 10.2. The number of thiophene rings is 1. The van der Waals surface area contributed by atoms with Crippen molar-refractivity contribution >= 4 is 17.2 Å². The zero-order valence-corrected chi connectivity index (χ0v) is 14.6. The first kappa shape index (κ1) is 16.5. The lowest BCUT2D eigenvalue weighted by molar-refractivity contribution is 0.0900. The second-order valence-electron chi connectivity index (χ2n) is 5.61. The van der Waals surface area contributed by atoms with Crippen LogP contribution in [0.3, 0.4) is 0 Å². The highest BCUT2D eigenvalue weighted by atomic mass is 32.1. The SMILES string of the molecule is Cc1nn(C)c(C)c1C(=O)NC[C@@H](O)c1ccc(-c2ccsc2)o1. The Morgan fingerprint density at radius 2 is 2.21 bits per heavy atom. The van der Waals surface area contributed by atoms with Gasteiger partial charge in [-0.05, 0) is 37.4 Å². The summed E-state index contributed by atoms with van der Waals surface area (Å²) in [5, 5.41) is 21.1. The molecule has 0 saturated carbocycles. The van der Waals surface area contributed by atoms with E-state index in [2.05, 4.69) is 10.4 Å². The van der Waals surface area contributed by atoms with E-state index in [0.29, 0.717) is 22.8 Å². The van der Waals surface area contributed by atoms with Gasteiger partial charge in [-0.1, -0.05) is 0 Å². The van der Waals surface area contributed by atoms with Gasteiger partial charge in [0.15, 0.2) is 0 Å². The summed E-state index contributed by atoms with van der Waals surface area (Å²) in [5.74, 6) is 0.883. The van der Waals surface area contributed by atoms with E-state index < -0.39 is 6.10 Å². The van der Waals surface area contributed by atoms with E-state index >= 15 is 0 Å². The van der Waals surface area contributed by atoms with Crippen molar-refractivity contribution in [1.82, 2.24) is 15.1 Å². The van der Waals surface area contributed by atoms with Gasteiger partial charge in [-0.25, -0.2) is 0 Å². The first-order valence-corrected chi connectivity index (χ1v) is 8.50. The number of nitrogens with zero attached hydrogens (tertiary/aromatic N) is 2. The molecule has 3 rings (SSSR count). The number of carbonyl (C=O) groups is 1. The van der Waals surface area contributed by atoms with Crippen molar-refractivity contribution in [3.8, 4) is 11.3 Å². The predicted octanol–water partition coefficient (Wildman–Crippen LogP) is 2.82. The molecule has 1 atom stereocenters. The van der Waals surface area contributed by atoms with Gasteiger partial charge in [0.25, 0.3) is 5.91 Å². The molecule has 0 aliphatic rings. The minimum absolute atomic E-state index is 0.0726. The third-order valence-electron chi connectivity index (χ3n) is 3.95. The quantitative estimate of drug-likeness (QED) is 0.745. The monoisotopic (exact) mass is 345 g/mol. The van der Waals surface area contributed by atoms with Crippen molar-refractivity contribution in [2.45, 2.75) is 20.0 Å². The number of nitrogens with one attached hydrogen (secondary N) is 1. The molecule has 1 amide bonds. The molecule has 3 aromatic heterocycles. The predicted molar refractivity (Wildman–Crippen MR) is 92.0 cm³/mol. The molecule has 7 heteroatoms. The summed E-state index contributed by atoms with van der Waals surface area (Å²) < 4.78 is 7.34. The number of carbonyl (C=O) groups excluding carboxylic acids is 1. The Labute approximate surface area is 143 Å². The average molecular weight is 345 g/mol. The molecule has 0 unspecified atom stereocenters. The summed E-state index contributed by atoms with van der Waals surface area (Å²) in [6.07, 6.45) is -0.904. The summed E-state index contributed by atoms with van der Waals surface area (Å²) >= 11 is 1.58. The van der Waals surface area contributed by atoms with Gasteiger partial charge in [-0.15, -0.1) is 0 Å². The Hall–Kier alpha value is -2.38. The molecule has 24 heavy (non-hydrogen) atoms. The van der Waals surface area contributed by atoms with Gasteiger partial charge in [-0.2, -0.15) is 16.4 Å². The van der Waals surface area contributed by atoms with Crippen LogP contribution in [0.25, 0.3) is 11.3 Å². The molecule has 126 valence electrons. The molecule has 0 radical (unpaired) electrons. The second kappa shape index (κ2) is 6.62. The first-order chi connectivity index (χ1) is 11.5. The van der Waals surface area contributed by atoms with Gasteiger partial charge in [-0.3, -0.25) is 9.48 Å². The van der Waals surface area contributed by atoms with Crippen LogP contribution in [0.1, 0.15) is 33.6 Å². The molecule has 2 N–H and O–H groups in total. The Balaban J connectivity index is 1.65. The molecule has 6 nitrogen and oxygen atoms in total. The number of hydrogen-bond donors (Lipinski definition) is 2. The maximum Gasteiger partial charge on any atom is 0.255 e. The highest BCUT2D eigenvalue weighted by Crippen LogP contribution is 2.26. The summed E-state index contributed by atoms with van der Waals surface area (Å²) in [6.45, 7) is 3.70. The molecule has 3 heterocycles. The number of aliphatic hydroxyl groups excluding tert-OH is 1. The van der Waals surface area contributed by atoms with Crippen molar-refractivity contribution in [3.05, 3.63) is 51.7 Å². The van der Waals surface area contributed by atoms with Crippen LogP contribution in [0.2, 0.25) is 0 Å². The third-order valence-corrected chi connectivity index (χ3v) is 4.64. The number of rotatable bonds is 5. The van der Waals surface area contributed by atoms with E-state index in [9.17, 15) is 9.90 Å². The second-order valence-corrected chi connectivity index (χ2v) is 6.39. The van der Waals surface area contributed by atoms with Gasteiger partial charge in [0, 0.05) is 23.7 Å². The van der Waals surface area contributed by atoms with Crippen molar-refractivity contribution in [1.29, 1.82) is 0 Å². The lowest BCUT2D eigenvalue weighted by Crippen LogP contribution is -2.29. The highest BCUT2D eigenvalue weighted by molar-refractivity contribution is 7.08. The number of aryl methyl sites for hydroxylation is 2. The van der Waals surface area contributed by atoms with Crippen LogP contribution in [0.4, 0.5) is 0 Å². The maximum atomic E-state index is 12.3. The summed E-state index contributed by atoms with van der Waals surface area (Å²) in [7, 11) is 1.79. The van der Waals surface area contributed by atoms with Crippen LogP contribution in [-0.4, -0.2) is 27.3 Å². The third kappa shape index (κ3) is 3.13. The Morgan fingerprint density at radius 3 is 2.83 bits per heavy atom. The standard InChI is InChI=1S/C17H19N3O3S/c1-10-16(11(2)20(3)19-10)17(22)18-8-13(21)15-5-4-14(23-15)12-6-7-24-9-12/h4-7,9,13,21H,8H2,1-3H3,(H,18,22)/t13-/m1/s1. The molecular formula is C17H19N3O3S. The zero-order valence-electron chi connectivity index (χ0n) is 13.7. The molecule has 0 bridgehead atoms. The van der Waals surface area contributed by atoms with Gasteiger partial charge in [0.1, 0.15) is 17.6 Å². The Kier molecular flexibility index (Phi) is 4.55. The smallest absolute Gasteiger partial charge is 0.255 e. The molecule has 3 aromatic rings. The highest BCUT2D eigenvalue weighted by Gasteiger charge is 2.19. The summed E-state index contributed by atoms with van der Waals surface area (Å²) in [6, 6.07) is 5.50. The molecule has 0 aliphatic carbocycles.